The zero-order valence-electron chi connectivity index (χ0n) is 10.1. The minimum Gasteiger partial charge on any atom is -0.309 e. The molecule has 4 heteroatoms. The van der Waals surface area contributed by atoms with Crippen molar-refractivity contribution in [3.8, 4) is 0 Å². The summed E-state index contributed by atoms with van der Waals surface area (Å²) in [6, 6.07) is 2.85. The maximum Gasteiger partial charge on any atom is 0.0843 e. The smallest absolute Gasteiger partial charge is 0.0843 e. The molecule has 0 radical (unpaired) electrons. The average molecular weight is 381 g/mol. The quantitative estimate of drug-likeness (QED) is 0.743. The van der Waals surface area contributed by atoms with Gasteiger partial charge in [0.1, 0.15) is 0 Å². The molecule has 1 aromatic heterocycles. The summed E-state index contributed by atoms with van der Waals surface area (Å²) < 4.78 is 2.37. The Hall–Kier alpha value is 0.620. The second-order valence-electron chi connectivity index (χ2n) is 4.90. The summed E-state index contributed by atoms with van der Waals surface area (Å²) in [7, 11) is 0. The molecule has 1 nitrogen and oxygen atoms in total. The molecule has 0 amide bonds. The fourth-order valence-electron chi connectivity index (χ4n) is 2.54. The fraction of sp³-hybridized carbons (Fsp3) is 0.692. The van der Waals surface area contributed by atoms with Gasteiger partial charge in [0.25, 0.3) is 0 Å². The van der Waals surface area contributed by atoms with E-state index in [9.17, 15) is 0 Å². The zero-order valence-corrected chi connectivity index (χ0v) is 14.1. The van der Waals surface area contributed by atoms with Crippen LogP contribution in [0, 0.1) is 5.92 Å². The monoisotopic (exact) mass is 379 g/mol. The summed E-state index contributed by atoms with van der Waals surface area (Å²) in [5.41, 5.74) is 0. The molecule has 2 rings (SSSR count). The van der Waals surface area contributed by atoms with E-state index < -0.39 is 0 Å². The lowest BCUT2D eigenvalue weighted by Crippen LogP contribution is -2.33. The molecule has 96 valence electrons. The van der Waals surface area contributed by atoms with Gasteiger partial charge in [0.15, 0.2) is 0 Å². The molecule has 0 bridgehead atoms. The second kappa shape index (κ2) is 6.69. The SMILES string of the molecule is CC(NCc1cc(Br)c(Br)s1)C1CCCCC1. The summed E-state index contributed by atoms with van der Waals surface area (Å²) in [5, 5.41) is 3.68. The second-order valence-corrected chi connectivity index (χ2v) is 8.21. The van der Waals surface area contributed by atoms with Crippen LogP contribution >= 0.6 is 43.2 Å². The minimum atomic E-state index is 0.648. The van der Waals surface area contributed by atoms with Crippen LogP contribution in [-0.4, -0.2) is 6.04 Å². The van der Waals surface area contributed by atoms with Gasteiger partial charge >= 0.3 is 0 Å². The van der Waals surface area contributed by atoms with Gasteiger partial charge in [-0.3, -0.25) is 0 Å². The molecule has 0 aromatic carbocycles. The van der Waals surface area contributed by atoms with Gasteiger partial charge in [-0.15, -0.1) is 11.3 Å². The Labute approximate surface area is 125 Å². The number of thiophene rings is 1. The van der Waals surface area contributed by atoms with Gasteiger partial charge in [0, 0.05) is 21.9 Å². The normalized spacial score (nSPS) is 19.5. The van der Waals surface area contributed by atoms with Crippen molar-refractivity contribution < 1.29 is 0 Å². The summed E-state index contributed by atoms with van der Waals surface area (Å²) >= 11 is 8.89. The van der Waals surface area contributed by atoms with Gasteiger partial charge in [0.05, 0.1) is 3.79 Å². The highest BCUT2D eigenvalue weighted by molar-refractivity contribution is 9.13. The highest BCUT2D eigenvalue weighted by Crippen LogP contribution is 2.32. The van der Waals surface area contributed by atoms with Gasteiger partial charge in [-0.2, -0.15) is 0 Å². The number of rotatable bonds is 4. The Morgan fingerprint density at radius 1 is 1.35 bits per heavy atom. The number of hydrogen-bond donors (Lipinski definition) is 1. The van der Waals surface area contributed by atoms with E-state index in [-0.39, 0.29) is 0 Å². The van der Waals surface area contributed by atoms with Gasteiger partial charge in [0.2, 0.25) is 0 Å². The summed E-state index contributed by atoms with van der Waals surface area (Å²) in [4.78, 5) is 1.39. The number of hydrogen-bond acceptors (Lipinski definition) is 2. The molecular weight excluding hydrogens is 362 g/mol. The van der Waals surface area contributed by atoms with Crippen molar-refractivity contribution in [3.63, 3.8) is 0 Å². The maximum atomic E-state index is 3.68. The molecule has 1 atom stereocenters. The van der Waals surface area contributed by atoms with E-state index in [4.69, 9.17) is 0 Å². The molecule has 1 fully saturated rings. The van der Waals surface area contributed by atoms with Crippen LogP contribution in [-0.2, 0) is 6.54 Å². The van der Waals surface area contributed by atoms with Gasteiger partial charge < -0.3 is 5.32 Å². The zero-order chi connectivity index (χ0) is 12.3. The molecule has 1 aliphatic carbocycles. The molecule has 0 aliphatic heterocycles. The van der Waals surface area contributed by atoms with Gasteiger partial charge in [-0.05, 0) is 63.6 Å². The Morgan fingerprint density at radius 2 is 2.06 bits per heavy atom. The first-order chi connectivity index (χ1) is 8.16. The molecule has 1 N–H and O–H groups in total. The van der Waals surface area contributed by atoms with E-state index >= 15 is 0 Å². The summed E-state index contributed by atoms with van der Waals surface area (Å²) in [5.74, 6) is 0.885. The van der Waals surface area contributed by atoms with Crippen molar-refractivity contribution >= 4 is 43.2 Å². The van der Waals surface area contributed by atoms with Crippen LogP contribution in [0.2, 0.25) is 0 Å². The first kappa shape index (κ1) is 14.0. The highest BCUT2D eigenvalue weighted by Gasteiger charge is 2.19. The van der Waals surface area contributed by atoms with E-state index in [0.29, 0.717) is 6.04 Å². The Morgan fingerprint density at radius 3 is 2.65 bits per heavy atom. The van der Waals surface area contributed by atoms with Crippen molar-refractivity contribution in [1.82, 2.24) is 5.32 Å². The Balaban J connectivity index is 1.80. The molecule has 0 spiro atoms. The Kier molecular flexibility index (Phi) is 5.52. The molecule has 1 heterocycles. The fourth-order valence-corrected chi connectivity index (χ4v) is 4.67. The molecule has 17 heavy (non-hydrogen) atoms. The highest BCUT2D eigenvalue weighted by atomic mass is 79.9. The van der Waals surface area contributed by atoms with E-state index in [1.807, 2.05) is 11.3 Å². The first-order valence-electron chi connectivity index (χ1n) is 6.34. The summed E-state index contributed by atoms with van der Waals surface area (Å²) in [6.07, 6.45) is 7.10. The third-order valence-corrected chi connectivity index (χ3v) is 6.91. The van der Waals surface area contributed by atoms with E-state index in [0.717, 1.165) is 12.5 Å². The van der Waals surface area contributed by atoms with Crippen LogP contribution in [0.5, 0.6) is 0 Å². The van der Waals surface area contributed by atoms with E-state index in [1.54, 1.807) is 0 Å². The number of nitrogens with one attached hydrogen (secondary N) is 1. The minimum absolute atomic E-state index is 0.648. The predicted octanol–water partition coefficient (Wildman–Crippen LogP) is 5.33. The molecule has 1 saturated carbocycles. The maximum absolute atomic E-state index is 3.68. The Bertz CT molecular complexity index is 339. The van der Waals surface area contributed by atoms with Crippen LogP contribution in [0.1, 0.15) is 43.9 Å². The molecule has 1 aliphatic rings. The van der Waals surface area contributed by atoms with Crippen LogP contribution in [0.3, 0.4) is 0 Å². The van der Waals surface area contributed by atoms with E-state index in [2.05, 4.69) is 50.2 Å². The van der Waals surface area contributed by atoms with Crippen LogP contribution in [0.4, 0.5) is 0 Å². The van der Waals surface area contributed by atoms with Crippen molar-refractivity contribution in [2.24, 2.45) is 5.92 Å². The van der Waals surface area contributed by atoms with Crippen molar-refractivity contribution in [1.29, 1.82) is 0 Å². The molecular formula is C13H19Br2NS. The largest absolute Gasteiger partial charge is 0.309 e. The van der Waals surface area contributed by atoms with Crippen LogP contribution < -0.4 is 5.32 Å². The van der Waals surface area contributed by atoms with Crippen LogP contribution in [0.15, 0.2) is 14.3 Å². The lowest BCUT2D eigenvalue weighted by Gasteiger charge is -2.28. The van der Waals surface area contributed by atoms with Gasteiger partial charge in [-0.1, -0.05) is 19.3 Å². The van der Waals surface area contributed by atoms with Crippen molar-refractivity contribution in [2.75, 3.05) is 0 Å². The third kappa shape index (κ3) is 4.05. The topological polar surface area (TPSA) is 12.0 Å². The van der Waals surface area contributed by atoms with Crippen molar-refractivity contribution in [2.45, 2.75) is 51.6 Å². The molecule has 1 aromatic rings. The van der Waals surface area contributed by atoms with Gasteiger partial charge in [-0.25, -0.2) is 0 Å². The first-order valence-corrected chi connectivity index (χ1v) is 8.74. The average Bonchev–Trinajstić information content (AvgIpc) is 2.67. The lowest BCUT2D eigenvalue weighted by molar-refractivity contribution is 0.281. The molecule has 0 saturated heterocycles. The lowest BCUT2D eigenvalue weighted by atomic mass is 9.84. The standard InChI is InChI=1S/C13H19Br2NS/c1-9(10-5-3-2-4-6-10)16-8-11-7-12(14)13(15)17-11/h7,9-10,16H,2-6,8H2,1H3. The van der Waals surface area contributed by atoms with Crippen LogP contribution in [0.25, 0.3) is 0 Å². The number of halogens is 2. The summed E-state index contributed by atoms with van der Waals surface area (Å²) in [6.45, 7) is 3.33. The van der Waals surface area contributed by atoms with Crippen molar-refractivity contribution in [3.05, 3.63) is 19.2 Å². The van der Waals surface area contributed by atoms with E-state index in [1.165, 1.54) is 45.2 Å². The predicted molar refractivity (Wildman–Crippen MR) is 82.6 cm³/mol. The third-order valence-electron chi connectivity index (χ3n) is 3.65. The molecule has 1 unspecified atom stereocenters.